The van der Waals surface area contributed by atoms with Crippen molar-refractivity contribution in [1.82, 2.24) is 9.97 Å². The zero-order valence-corrected chi connectivity index (χ0v) is 10.6. The Morgan fingerprint density at radius 2 is 1.31 bits per heavy atom. The molecule has 0 atom stereocenters. The van der Waals surface area contributed by atoms with Crippen molar-refractivity contribution in [3.63, 3.8) is 0 Å². The molecule has 2 heterocycles. The van der Waals surface area contributed by atoms with E-state index in [2.05, 4.69) is 9.97 Å². The van der Waals surface area contributed by atoms with E-state index >= 15 is 0 Å². The second-order valence-electron chi connectivity index (χ2n) is 2.61. The number of halogens is 2. The first-order valence-electron chi connectivity index (χ1n) is 3.88. The fraction of sp³-hybridized carbons (Fsp3) is 0. The van der Waals surface area contributed by atoms with Crippen molar-refractivity contribution in [2.24, 2.45) is 0 Å². The molecule has 0 aromatic carbocycles. The average molecular weight is 293 g/mol. The number of hydrogen-bond donors (Lipinski definition) is 0. The molecule has 8 heteroatoms. The summed E-state index contributed by atoms with van der Waals surface area (Å²) in [6.45, 7) is 0. The van der Waals surface area contributed by atoms with E-state index in [1.165, 1.54) is 33.7 Å². The van der Waals surface area contributed by atoms with Gasteiger partial charge in [0.25, 0.3) is 10.5 Å². The van der Waals surface area contributed by atoms with Crippen LogP contribution in [0.2, 0.25) is 0 Å². The lowest BCUT2D eigenvalue weighted by atomic mass is 10.3. The minimum absolute atomic E-state index is 0.120. The molecule has 0 fully saturated rings. The summed E-state index contributed by atoms with van der Waals surface area (Å²) in [5.41, 5.74) is 3.20. The molecule has 2 aromatic rings. The Bertz CT molecular complexity index is 514. The molecule has 0 bridgehead atoms. The molecule has 0 saturated heterocycles. The van der Waals surface area contributed by atoms with Crippen LogP contribution in [0.4, 0.5) is 0 Å². The molecule has 0 radical (unpaired) electrons. The number of rotatable bonds is 3. The van der Waals surface area contributed by atoms with Crippen molar-refractivity contribution in [3.8, 4) is 9.75 Å². The third-order valence-electron chi connectivity index (χ3n) is 1.71. The van der Waals surface area contributed by atoms with Crippen LogP contribution in [0.25, 0.3) is 9.75 Å². The quantitative estimate of drug-likeness (QED) is 0.816. The molecule has 2 aromatic heterocycles. The van der Waals surface area contributed by atoms with Crippen molar-refractivity contribution in [1.29, 1.82) is 0 Å². The molecule has 4 nitrogen and oxygen atoms in total. The lowest BCUT2D eigenvalue weighted by Crippen LogP contribution is -1.95. The lowest BCUT2D eigenvalue weighted by molar-refractivity contribution is 0.106. The van der Waals surface area contributed by atoms with E-state index in [1.807, 2.05) is 0 Å². The molecule has 0 spiro atoms. The zero-order chi connectivity index (χ0) is 11.7. The fourth-order valence-corrected chi connectivity index (χ4v) is 3.23. The molecular formula is C8H2Cl2N2O2S2. The summed E-state index contributed by atoms with van der Waals surface area (Å²) in [6, 6.07) is 0. The summed E-state index contributed by atoms with van der Waals surface area (Å²) in [4.78, 5) is 30.9. The van der Waals surface area contributed by atoms with Gasteiger partial charge in [0.1, 0.15) is 11.4 Å². The van der Waals surface area contributed by atoms with Crippen molar-refractivity contribution in [3.05, 3.63) is 22.4 Å². The predicted molar refractivity (Wildman–Crippen MR) is 63.6 cm³/mol. The van der Waals surface area contributed by atoms with Crippen LogP contribution in [-0.4, -0.2) is 20.5 Å². The van der Waals surface area contributed by atoms with Crippen molar-refractivity contribution in [2.45, 2.75) is 0 Å². The van der Waals surface area contributed by atoms with E-state index in [0.29, 0.717) is 9.75 Å². The Hall–Kier alpha value is -0.820. The van der Waals surface area contributed by atoms with Crippen LogP contribution < -0.4 is 0 Å². The first-order valence-corrected chi connectivity index (χ1v) is 6.39. The minimum atomic E-state index is -0.669. The molecule has 0 aliphatic carbocycles. The minimum Gasteiger partial charge on any atom is -0.274 e. The van der Waals surface area contributed by atoms with Crippen molar-refractivity contribution >= 4 is 56.4 Å². The van der Waals surface area contributed by atoms with Crippen LogP contribution in [0.15, 0.2) is 11.0 Å². The van der Waals surface area contributed by atoms with E-state index in [4.69, 9.17) is 23.2 Å². The van der Waals surface area contributed by atoms with Crippen LogP contribution in [-0.2, 0) is 0 Å². The molecular weight excluding hydrogens is 291 g/mol. The SMILES string of the molecule is O=C(Cl)c1ncsc1-c1scnc1C(=O)Cl. The van der Waals surface area contributed by atoms with E-state index in [1.54, 1.807) is 0 Å². The van der Waals surface area contributed by atoms with Gasteiger partial charge in [-0.2, -0.15) is 0 Å². The van der Waals surface area contributed by atoms with Gasteiger partial charge in [0, 0.05) is 0 Å². The van der Waals surface area contributed by atoms with Gasteiger partial charge in [-0.15, -0.1) is 22.7 Å². The largest absolute Gasteiger partial charge is 0.274 e. The third kappa shape index (κ3) is 2.01. The van der Waals surface area contributed by atoms with Crippen LogP contribution in [0.1, 0.15) is 21.0 Å². The molecule has 0 N–H and O–H groups in total. The molecule has 2 rings (SSSR count). The Morgan fingerprint density at radius 1 is 0.938 bits per heavy atom. The van der Waals surface area contributed by atoms with E-state index in [-0.39, 0.29) is 11.4 Å². The lowest BCUT2D eigenvalue weighted by Gasteiger charge is -1.95. The van der Waals surface area contributed by atoms with Gasteiger partial charge in [-0.05, 0) is 23.2 Å². The number of thiazole rings is 2. The normalized spacial score (nSPS) is 10.4. The molecule has 0 aliphatic heterocycles. The number of hydrogen-bond acceptors (Lipinski definition) is 6. The molecule has 0 aliphatic rings. The maximum absolute atomic E-state index is 11.1. The summed E-state index contributed by atoms with van der Waals surface area (Å²) >= 11 is 13.2. The van der Waals surface area contributed by atoms with Crippen LogP contribution in [0.5, 0.6) is 0 Å². The van der Waals surface area contributed by atoms with Gasteiger partial charge in [-0.1, -0.05) is 0 Å². The van der Waals surface area contributed by atoms with Crippen LogP contribution in [0, 0.1) is 0 Å². The molecule has 82 valence electrons. The van der Waals surface area contributed by atoms with Gasteiger partial charge in [0.15, 0.2) is 0 Å². The highest BCUT2D eigenvalue weighted by Crippen LogP contribution is 2.34. The number of carbonyl (C=O) groups excluding carboxylic acids is 2. The summed E-state index contributed by atoms with van der Waals surface area (Å²) in [5.74, 6) is 0. The van der Waals surface area contributed by atoms with Gasteiger partial charge in [-0.25, -0.2) is 9.97 Å². The van der Waals surface area contributed by atoms with E-state index in [0.717, 1.165) is 0 Å². The molecule has 0 amide bonds. The van der Waals surface area contributed by atoms with E-state index in [9.17, 15) is 9.59 Å². The number of carbonyl (C=O) groups is 2. The van der Waals surface area contributed by atoms with Crippen molar-refractivity contribution < 1.29 is 9.59 Å². The highest BCUT2D eigenvalue weighted by molar-refractivity contribution is 7.20. The maximum atomic E-state index is 11.1. The van der Waals surface area contributed by atoms with Crippen LogP contribution >= 0.6 is 45.9 Å². The predicted octanol–water partition coefficient (Wildman–Crippen LogP) is 3.02. The summed E-state index contributed by atoms with van der Waals surface area (Å²) in [6.07, 6.45) is 0. The van der Waals surface area contributed by atoms with Crippen LogP contribution in [0.3, 0.4) is 0 Å². The second kappa shape index (κ2) is 4.58. The molecule has 16 heavy (non-hydrogen) atoms. The van der Waals surface area contributed by atoms with Gasteiger partial charge in [0.2, 0.25) is 0 Å². The number of aromatic nitrogens is 2. The smallest absolute Gasteiger partial charge is 0.272 e. The zero-order valence-electron chi connectivity index (χ0n) is 7.44. The maximum Gasteiger partial charge on any atom is 0.272 e. The summed E-state index contributed by atoms with van der Waals surface area (Å²) < 4.78 is 0. The van der Waals surface area contributed by atoms with Gasteiger partial charge in [0.05, 0.1) is 20.8 Å². The Kier molecular flexibility index (Phi) is 3.34. The highest BCUT2D eigenvalue weighted by Gasteiger charge is 2.21. The Morgan fingerprint density at radius 3 is 1.62 bits per heavy atom. The monoisotopic (exact) mass is 292 g/mol. The van der Waals surface area contributed by atoms with Gasteiger partial charge < -0.3 is 0 Å². The Labute approximate surface area is 108 Å². The molecule has 0 saturated carbocycles. The number of nitrogens with zero attached hydrogens (tertiary/aromatic N) is 2. The summed E-state index contributed by atoms with van der Waals surface area (Å²) in [5, 5.41) is -1.34. The topological polar surface area (TPSA) is 59.9 Å². The first-order chi connectivity index (χ1) is 7.61. The Balaban J connectivity index is 2.59. The van der Waals surface area contributed by atoms with Gasteiger partial charge >= 0.3 is 0 Å². The third-order valence-corrected chi connectivity index (χ3v) is 3.89. The second-order valence-corrected chi connectivity index (χ2v) is 5.00. The summed E-state index contributed by atoms with van der Waals surface area (Å²) in [7, 11) is 0. The van der Waals surface area contributed by atoms with Crippen molar-refractivity contribution in [2.75, 3.05) is 0 Å². The standard InChI is InChI=1S/C8H2Cl2N2O2S2/c9-7(13)3-5(15-1-11-3)6-4(8(10)14)12-2-16-6/h1-2H. The average Bonchev–Trinajstić information content (AvgIpc) is 2.85. The highest BCUT2D eigenvalue weighted by atomic mass is 35.5. The van der Waals surface area contributed by atoms with E-state index < -0.39 is 10.5 Å². The fourth-order valence-electron chi connectivity index (χ4n) is 1.09. The molecule has 0 unspecified atom stereocenters. The van der Waals surface area contributed by atoms with Gasteiger partial charge in [-0.3, -0.25) is 9.59 Å². The first kappa shape index (κ1) is 11.7.